The van der Waals surface area contributed by atoms with Gasteiger partial charge in [0.2, 0.25) is 0 Å². The molecule has 2 aromatic carbocycles. The normalized spacial score (nSPS) is 10.8. The van der Waals surface area contributed by atoms with Crippen LogP contribution in [0.1, 0.15) is 5.56 Å². The number of methoxy groups -OCH3 is 1. The fourth-order valence-electron chi connectivity index (χ4n) is 2.06. The van der Waals surface area contributed by atoms with E-state index in [0.29, 0.717) is 30.1 Å². The number of esters is 1. The number of benzene rings is 2. The number of nitrogens with zero attached hydrogens (tertiary/aromatic N) is 1. The van der Waals surface area contributed by atoms with Gasteiger partial charge < -0.3 is 14.8 Å². The zero-order valence-electron chi connectivity index (χ0n) is 14.5. The Balaban J connectivity index is 2.24. The van der Waals surface area contributed by atoms with Gasteiger partial charge in [-0.25, -0.2) is 4.79 Å². The molecule has 0 heterocycles. The topological polar surface area (TPSA) is 88.4 Å². The Hall–Kier alpha value is -2.09. The van der Waals surface area contributed by atoms with Gasteiger partial charge in [0.05, 0.1) is 25.9 Å². The molecule has 0 bridgehead atoms. The van der Waals surface area contributed by atoms with Crippen LogP contribution in [0.5, 0.6) is 5.75 Å². The summed E-state index contributed by atoms with van der Waals surface area (Å²) in [7, 11) is 1.27. The molecule has 0 saturated heterocycles. The molecule has 0 atom stereocenters. The quantitative estimate of drug-likeness (QED) is 0.231. The summed E-state index contributed by atoms with van der Waals surface area (Å²) < 4.78 is 11.2. The lowest BCUT2D eigenvalue weighted by atomic mass is 10.1. The predicted molar refractivity (Wildman–Crippen MR) is 118 cm³/mol. The number of amides is 1. The lowest BCUT2D eigenvalue weighted by Crippen LogP contribution is -2.14. The van der Waals surface area contributed by atoms with Gasteiger partial charge in [-0.1, -0.05) is 23.7 Å². The SMILES string of the molecule is COC(=O)COc1c(Br)cc(/C=C(\C#N)C(=O)Nc2ccccc2Cl)cc1I. The number of anilines is 1. The van der Waals surface area contributed by atoms with E-state index in [1.807, 2.05) is 28.7 Å². The highest BCUT2D eigenvalue weighted by atomic mass is 127. The van der Waals surface area contributed by atoms with Crippen LogP contribution < -0.4 is 10.1 Å². The van der Waals surface area contributed by atoms with Crippen LogP contribution in [0.25, 0.3) is 6.08 Å². The monoisotopic (exact) mass is 574 g/mol. The van der Waals surface area contributed by atoms with Gasteiger partial charge in [-0.05, 0) is 74.4 Å². The second-order valence-corrected chi connectivity index (χ2v) is 7.71. The number of carbonyl (C=O) groups excluding carboxylic acids is 2. The van der Waals surface area contributed by atoms with Gasteiger partial charge in [0.25, 0.3) is 5.91 Å². The van der Waals surface area contributed by atoms with E-state index in [4.69, 9.17) is 16.3 Å². The Labute approximate surface area is 188 Å². The average Bonchev–Trinajstić information content (AvgIpc) is 2.66. The Morgan fingerprint density at radius 3 is 2.68 bits per heavy atom. The summed E-state index contributed by atoms with van der Waals surface area (Å²) in [4.78, 5) is 23.6. The third-order valence-corrected chi connectivity index (χ3v) is 5.10. The number of hydrogen-bond donors (Lipinski definition) is 1. The maximum Gasteiger partial charge on any atom is 0.343 e. The van der Waals surface area contributed by atoms with Crippen molar-refractivity contribution >= 4 is 73.8 Å². The van der Waals surface area contributed by atoms with E-state index in [-0.39, 0.29) is 12.2 Å². The maximum atomic E-state index is 12.4. The Morgan fingerprint density at radius 2 is 2.07 bits per heavy atom. The number of rotatable bonds is 6. The molecule has 28 heavy (non-hydrogen) atoms. The fraction of sp³-hybridized carbons (Fsp3) is 0.105. The largest absolute Gasteiger partial charge is 0.480 e. The Morgan fingerprint density at radius 1 is 1.36 bits per heavy atom. The van der Waals surface area contributed by atoms with Crippen molar-refractivity contribution in [1.82, 2.24) is 0 Å². The van der Waals surface area contributed by atoms with Crippen LogP contribution in [-0.2, 0) is 14.3 Å². The van der Waals surface area contributed by atoms with Gasteiger partial charge in [-0.3, -0.25) is 4.79 Å². The predicted octanol–water partition coefficient (Wildman–Crippen LogP) is 4.80. The minimum Gasteiger partial charge on any atom is -0.480 e. The second kappa shape index (κ2) is 10.5. The Bertz CT molecular complexity index is 965. The number of nitrogens with one attached hydrogen (secondary N) is 1. The third-order valence-electron chi connectivity index (χ3n) is 3.38. The molecule has 1 amide bonds. The lowest BCUT2D eigenvalue weighted by Gasteiger charge is -2.11. The van der Waals surface area contributed by atoms with Crippen molar-refractivity contribution in [2.75, 3.05) is 19.0 Å². The first kappa shape index (κ1) is 22.2. The van der Waals surface area contributed by atoms with E-state index in [9.17, 15) is 14.9 Å². The molecule has 0 aliphatic carbocycles. The van der Waals surface area contributed by atoms with Gasteiger partial charge in [0.15, 0.2) is 6.61 Å². The molecule has 0 unspecified atom stereocenters. The molecule has 0 fully saturated rings. The zero-order chi connectivity index (χ0) is 20.7. The van der Waals surface area contributed by atoms with E-state index in [2.05, 4.69) is 26.0 Å². The molecule has 0 radical (unpaired) electrons. The van der Waals surface area contributed by atoms with Crippen LogP contribution in [0.4, 0.5) is 5.69 Å². The van der Waals surface area contributed by atoms with Crippen molar-refractivity contribution in [3.8, 4) is 11.8 Å². The number of ether oxygens (including phenoxy) is 2. The van der Waals surface area contributed by atoms with E-state index in [1.54, 1.807) is 36.4 Å². The molecular formula is C19H13BrClIN2O4. The van der Waals surface area contributed by atoms with Gasteiger partial charge in [-0.15, -0.1) is 0 Å². The lowest BCUT2D eigenvalue weighted by molar-refractivity contribution is -0.142. The van der Waals surface area contributed by atoms with E-state index < -0.39 is 11.9 Å². The number of carbonyl (C=O) groups is 2. The first-order valence-electron chi connectivity index (χ1n) is 7.72. The highest BCUT2D eigenvalue weighted by Crippen LogP contribution is 2.33. The minimum absolute atomic E-state index is 0.0918. The average molecular weight is 576 g/mol. The number of hydrogen-bond acceptors (Lipinski definition) is 5. The summed E-state index contributed by atoms with van der Waals surface area (Å²) in [5.41, 5.74) is 0.927. The van der Waals surface area contributed by atoms with Gasteiger partial charge >= 0.3 is 5.97 Å². The first-order chi connectivity index (χ1) is 13.3. The van der Waals surface area contributed by atoms with Crippen molar-refractivity contribution in [1.29, 1.82) is 5.26 Å². The van der Waals surface area contributed by atoms with E-state index in [1.165, 1.54) is 13.2 Å². The summed E-state index contributed by atoms with van der Waals surface area (Å²) in [5.74, 6) is -0.621. The van der Waals surface area contributed by atoms with Crippen LogP contribution in [-0.4, -0.2) is 25.6 Å². The van der Waals surface area contributed by atoms with Crippen molar-refractivity contribution in [3.63, 3.8) is 0 Å². The molecule has 6 nitrogen and oxygen atoms in total. The third kappa shape index (κ3) is 5.95. The number of nitriles is 1. The zero-order valence-corrected chi connectivity index (χ0v) is 19.0. The summed E-state index contributed by atoms with van der Waals surface area (Å²) in [6, 6.07) is 12.0. The van der Waals surface area contributed by atoms with E-state index >= 15 is 0 Å². The molecule has 0 aliphatic rings. The molecular weight excluding hydrogens is 562 g/mol. The van der Waals surface area contributed by atoms with Gasteiger partial charge in [0, 0.05) is 0 Å². The number of halogens is 3. The van der Waals surface area contributed by atoms with Crippen LogP contribution >= 0.6 is 50.1 Å². The van der Waals surface area contributed by atoms with Gasteiger partial charge in [-0.2, -0.15) is 5.26 Å². The molecule has 2 rings (SSSR count). The fourth-order valence-corrected chi connectivity index (χ4v) is 4.01. The smallest absolute Gasteiger partial charge is 0.343 e. The molecule has 0 aliphatic heterocycles. The van der Waals surface area contributed by atoms with Crippen molar-refractivity contribution in [3.05, 3.63) is 60.6 Å². The van der Waals surface area contributed by atoms with E-state index in [0.717, 1.165) is 0 Å². The Kier molecular flexibility index (Phi) is 8.29. The highest BCUT2D eigenvalue weighted by molar-refractivity contribution is 14.1. The van der Waals surface area contributed by atoms with Gasteiger partial charge in [0.1, 0.15) is 17.4 Å². The summed E-state index contributed by atoms with van der Waals surface area (Å²) >= 11 is 11.4. The minimum atomic E-state index is -0.576. The molecule has 0 aromatic heterocycles. The summed E-state index contributed by atoms with van der Waals surface area (Å²) in [6.07, 6.45) is 1.45. The van der Waals surface area contributed by atoms with Crippen LogP contribution in [0.2, 0.25) is 5.02 Å². The summed E-state index contributed by atoms with van der Waals surface area (Å²) in [6.45, 7) is -0.232. The van der Waals surface area contributed by atoms with Crippen LogP contribution in [0, 0.1) is 14.9 Å². The van der Waals surface area contributed by atoms with Crippen molar-refractivity contribution < 1.29 is 19.1 Å². The maximum absolute atomic E-state index is 12.4. The second-order valence-electron chi connectivity index (χ2n) is 5.28. The molecule has 144 valence electrons. The highest BCUT2D eigenvalue weighted by Gasteiger charge is 2.14. The standard InChI is InChI=1S/C19H13BrClIN2O4/c1-27-17(25)10-28-18-13(20)7-11(8-15(18)22)6-12(9-23)19(26)24-16-5-3-2-4-14(16)21/h2-8H,10H2,1H3,(H,24,26)/b12-6+. The molecule has 2 aromatic rings. The molecule has 9 heteroatoms. The first-order valence-corrected chi connectivity index (χ1v) is 9.97. The van der Waals surface area contributed by atoms with Crippen LogP contribution in [0.3, 0.4) is 0 Å². The van der Waals surface area contributed by atoms with Crippen molar-refractivity contribution in [2.45, 2.75) is 0 Å². The molecule has 0 spiro atoms. The van der Waals surface area contributed by atoms with Crippen molar-refractivity contribution in [2.24, 2.45) is 0 Å². The molecule has 0 saturated carbocycles. The summed E-state index contributed by atoms with van der Waals surface area (Å²) in [5, 5.41) is 12.4. The van der Waals surface area contributed by atoms with Crippen LogP contribution in [0.15, 0.2) is 46.4 Å². The number of para-hydroxylation sites is 1. The molecule has 1 N–H and O–H groups in total.